The van der Waals surface area contributed by atoms with Crippen LogP contribution in [0.2, 0.25) is 0 Å². The molecule has 1 aromatic heterocycles. The monoisotopic (exact) mass is 472 g/mol. The lowest BCUT2D eigenvalue weighted by Gasteiger charge is -2.30. The van der Waals surface area contributed by atoms with Gasteiger partial charge in [-0.05, 0) is 37.1 Å². The van der Waals surface area contributed by atoms with Crippen LogP contribution in [0, 0.1) is 23.3 Å². The summed E-state index contributed by atoms with van der Waals surface area (Å²) in [6, 6.07) is 6.35. The molecule has 0 bridgehead atoms. The van der Waals surface area contributed by atoms with Crippen LogP contribution >= 0.6 is 0 Å². The van der Waals surface area contributed by atoms with E-state index in [1.807, 2.05) is 4.90 Å². The Morgan fingerprint density at radius 3 is 2.32 bits per heavy atom. The molecule has 5 rings (SSSR count). The van der Waals surface area contributed by atoms with Crippen molar-refractivity contribution in [1.82, 2.24) is 14.9 Å². The maximum atomic E-state index is 14.2. The number of fused-ring (bicyclic) bond motifs is 1. The lowest BCUT2D eigenvalue weighted by atomic mass is 10.0. The average molecular weight is 472 g/mol. The van der Waals surface area contributed by atoms with Gasteiger partial charge >= 0.3 is 0 Å². The average Bonchev–Trinajstić information content (AvgIpc) is 3.36. The first-order valence-electron chi connectivity index (χ1n) is 10.9. The van der Waals surface area contributed by atoms with E-state index < -0.39 is 34.7 Å². The summed E-state index contributed by atoms with van der Waals surface area (Å²) < 4.78 is 61.4. The van der Waals surface area contributed by atoms with Crippen molar-refractivity contribution < 1.29 is 27.1 Å². The number of hydrogen-bond donors (Lipinski definition) is 0. The quantitative estimate of drug-likeness (QED) is 0.519. The Morgan fingerprint density at radius 2 is 1.62 bits per heavy atom. The molecule has 0 aliphatic carbocycles. The van der Waals surface area contributed by atoms with Gasteiger partial charge in [-0.1, -0.05) is 6.07 Å². The zero-order chi connectivity index (χ0) is 23.8. The maximum absolute atomic E-state index is 14.2. The normalized spacial score (nSPS) is 15.4. The Balaban J connectivity index is 1.51. The van der Waals surface area contributed by atoms with Crippen LogP contribution in [0.25, 0.3) is 0 Å². The Hall–Kier alpha value is -3.69. The molecule has 2 aliphatic rings. The van der Waals surface area contributed by atoms with E-state index in [1.165, 1.54) is 17.0 Å². The molecule has 2 aromatic carbocycles. The van der Waals surface area contributed by atoms with E-state index in [0.29, 0.717) is 23.6 Å². The Bertz CT molecular complexity index is 1240. The summed E-state index contributed by atoms with van der Waals surface area (Å²) in [5, 5.41) is 0. The highest BCUT2D eigenvalue weighted by Crippen LogP contribution is 2.33. The number of carbonyl (C=O) groups excluding carboxylic acids is 1. The van der Waals surface area contributed by atoms with E-state index >= 15 is 0 Å². The largest absolute Gasteiger partial charge is 0.438 e. The smallest absolute Gasteiger partial charge is 0.260 e. The molecule has 0 spiro atoms. The zero-order valence-electron chi connectivity index (χ0n) is 18.0. The lowest BCUT2D eigenvalue weighted by molar-refractivity contribution is 0.0722. The van der Waals surface area contributed by atoms with Crippen LogP contribution in [0.3, 0.4) is 0 Å². The second kappa shape index (κ2) is 8.92. The molecule has 1 fully saturated rings. The van der Waals surface area contributed by atoms with Gasteiger partial charge in [0.25, 0.3) is 5.91 Å². The minimum absolute atomic E-state index is 0.0239. The molecule has 3 heterocycles. The van der Waals surface area contributed by atoms with Crippen LogP contribution in [0.5, 0.6) is 11.6 Å². The predicted octanol–water partition coefficient (Wildman–Crippen LogP) is 4.62. The van der Waals surface area contributed by atoms with Gasteiger partial charge in [0.1, 0.15) is 22.9 Å². The third kappa shape index (κ3) is 4.15. The summed E-state index contributed by atoms with van der Waals surface area (Å²) >= 11 is 0. The first kappa shape index (κ1) is 22.1. The van der Waals surface area contributed by atoms with Crippen LogP contribution in [0.1, 0.15) is 34.5 Å². The Kier molecular flexibility index (Phi) is 5.80. The summed E-state index contributed by atoms with van der Waals surface area (Å²) in [4.78, 5) is 25.4. The van der Waals surface area contributed by atoms with Gasteiger partial charge in [0, 0.05) is 32.1 Å². The van der Waals surface area contributed by atoms with Gasteiger partial charge in [0.15, 0.2) is 11.6 Å². The third-order valence-electron chi connectivity index (χ3n) is 5.97. The van der Waals surface area contributed by atoms with Gasteiger partial charge in [-0.25, -0.2) is 22.5 Å². The predicted molar refractivity (Wildman–Crippen MR) is 115 cm³/mol. The molecule has 2 aliphatic heterocycles. The molecule has 176 valence electrons. The molecule has 0 atom stereocenters. The van der Waals surface area contributed by atoms with E-state index in [2.05, 4.69) is 9.97 Å². The first-order valence-corrected chi connectivity index (χ1v) is 10.9. The zero-order valence-corrected chi connectivity index (χ0v) is 18.0. The number of carbonyl (C=O) groups is 1. The molecule has 0 unspecified atom stereocenters. The van der Waals surface area contributed by atoms with E-state index in [-0.39, 0.29) is 24.7 Å². The second-order valence-electron chi connectivity index (χ2n) is 8.20. The van der Waals surface area contributed by atoms with E-state index in [1.54, 1.807) is 0 Å². The molecule has 1 amide bonds. The lowest BCUT2D eigenvalue weighted by Crippen LogP contribution is -2.38. The number of nitrogens with zero attached hydrogens (tertiary/aromatic N) is 4. The van der Waals surface area contributed by atoms with Crippen molar-refractivity contribution in [3.63, 3.8) is 0 Å². The fourth-order valence-electron chi connectivity index (χ4n) is 4.20. The molecule has 3 aromatic rings. The number of anilines is 1. The SMILES string of the molecule is O=C(c1c(F)cccc1F)N1CCc2nc(N3CCCC3)nc(Oc3ccc(F)c(F)c3)c2C1. The molecule has 1 saturated heterocycles. The van der Waals surface area contributed by atoms with Crippen LogP contribution in [0.4, 0.5) is 23.5 Å². The molecular weight excluding hydrogens is 452 g/mol. The molecule has 6 nitrogen and oxygen atoms in total. The van der Waals surface area contributed by atoms with Gasteiger partial charge in [-0.3, -0.25) is 4.79 Å². The highest BCUT2D eigenvalue weighted by Gasteiger charge is 2.31. The topological polar surface area (TPSA) is 58.6 Å². The molecule has 10 heteroatoms. The maximum Gasteiger partial charge on any atom is 0.260 e. The second-order valence-corrected chi connectivity index (χ2v) is 8.20. The van der Waals surface area contributed by atoms with E-state index in [4.69, 9.17) is 4.74 Å². The molecule has 34 heavy (non-hydrogen) atoms. The minimum Gasteiger partial charge on any atom is -0.438 e. The van der Waals surface area contributed by atoms with E-state index in [9.17, 15) is 22.4 Å². The standard InChI is InChI=1S/C24H20F4N4O2/c25-16-7-6-14(12-19(16)28)34-22-15-13-32(23(33)21-17(26)4-3-5-18(21)27)11-8-20(15)29-24(30-22)31-9-1-2-10-31/h3-7,12H,1-2,8-11,13H2. The van der Waals surface area contributed by atoms with Gasteiger partial charge in [0.05, 0.1) is 17.8 Å². The van der Waals surface area contributed by atoms with Crippen molar-refractivity contribution in [1.29, 1.82) is 0 Å². The van der Waals surface area contributed by atoms with Crippen molar-refractivity contribution >= 4 is 11.9 Å². The van der Waals surface area contributed by atoms with Gasteiger partial charge in [-0.2, -0.15) is 4.98 Å². The summed E-state index contributed by atoms with van der Waals surface area (Å²) in [7, 11) is 0. The molecular formula is C24H20F4N4O2. The van der Waals surface area contributed by atoms with Crippen LogP contribution in [-0.2, 0) is 13.0 Å². The van der Waals surface area contributed by atoms with Crippen LogP contribution < -0.4 is 9.64 Å². The molecule has 0 N–H and O–H groups in total. The van der Waals surface area contributed by atoms with Gasteiger partial charge in [0.2, 0.25) is 11.8 Å². The van der Waals surface area contributed by atoms with Crippen molar-refractivity contribution in [2.45, 2.75) is 25.8 Å². The van der Waals surface area contributed by atoms with Crippen molar-refractivity contribution in [3.8, 4) is 11.6 Å². The summed E-state index contributed by atoms with van der Waals surface area (Å²) in [6.07, 6.45) is 2.31. The number of rotatable bonds is 4. The minimum atomic E-state index is -1.08. The number of hydrogen-bond acceptors (Lipinski definition) is 5. The molecule has 0 radical (unpaired) electrons. The summed E-state index contributed by atoms with van der Waals surface area (Å²) in [5.74, 6) is -4.23. The number of amides is 1. The van der Waals surface area contributed by atoms with Crippen molar-refractivity contribution in [2.24, 2.45) is 0 Å². The number of halogens is 4. The van der Waals surface area contributed by atoms with Crippen molar-refractivity contribution in [2.75, 3.05) is 24.5 Å². The first-order chi connectivity index (χ1) is 16.4. The van der Waals surface area contributed by atoms with Gasteiger partial charge in [-0.15, -0.1) is 0 Å². The number of aromatic nitrogens is 2. The fraction of sp³-hybridized carbons (Fsp3) is 0.292. The number of ether oxygens (including phenoxy) is 1. The third-order valence-corrected chi connectivity index (χ3v) is 5.97. The molecule has 0 saturated carbocycles. The van der Waals surface area contributed by atoms with Crippen LogP contribution in [-0.4, -0.2) is 40.4 Å². The Morgan fingerprint density at radius 1 is 0.882 bits per heavy atom. The highest BCUT2D eigenvalue weighted by molar-refractivity contribution is 5.95. The fourth-order valence-corrected chi connectivity index (χ4v) is 4.20. The highest BCUT2D eigenvalue weighted by atomic mass is 19.2. The summed E-state index contributed by atoms with van der Waals surface area (Å²) in [5.41, 5.74) is 0.445. The van der Waals surface area contributed by atoms with Gasteiger partial charge < -0.3 is 14.5 Å². The summed E-state index contributed by atoms with van der Waals surface area (Å²) in [6.45, 7) is 1.70. The Labute approximate surface area is 192 Å². The number of benzene rings is 2. The van der Waals surface area contributed by atoms with Crippen LogP contribution in [0.15, 0.2) is 36.4 Å². The van der Waals surface area contributed by atoms with E-state index in [0.717, 1.165) is 50.2 Å². The van der Waals surface area contributed by atoms with Crippen molar-refractivity contribution in [3.05, 3.63) is 76.5 Å².